The number of amidine groups is 1. The molecule has 4 heteroatoms. The van der Waals surface area contributed by atoms with E-state index in [1.807, 2.05) is 24.3 Å². The number of rotatable bonds is 5. The maximum absolute atomic E-state index is 8.96. The molecule has 0 amide bonds. The van der Waals surface area contributed by atoms with Crippen molar-refractivity contribution in [1.29, 1.82) is 5.41 Å². The van der Waals surface area contributed by atoms with E-state index in [4.69, 9.17) is 16.2 Å². The number of hydrogen-bond donors (Lipinski definition) is 3. The molecule has 0 spiro atoms. The normalized spacial score (nSPS) is 20.2. The van der Waals surface area contributed by atoms with Gasteiger partial charge in [-0.3, -0.25) is 10.3 Å². The zero-order valence-electron chi connectivity index (χ0n) is 10.6. The van der Waals surface area contributed by atoms with Crippen LogP contribution in [-0.4, -0.2) is 35.5 Å². The fourth-order valence-electron chi connectivity index (χ4n) is 2.64. The average molecular weight is 247 g/mol. The van der Waals surface area contributed by atoms with Gasteiger partial charge in [-0.05, 0) is 30.9 Å². The van der Waals surface area contributed by atoms with Crippen LogP contribution >= 0.6 is 0 Å². The molecule has 0 aromatic heterocycles. The molecule has 1 aliphatic rings. The molecule has 1 aromatic rings. The van der Waals surface area contributed by atoms with E-state index >= 15 is 0 Å². The molecule has 4 nitrogen and oxygen atoms in total. The molecule has 1 atom stereocenters. The average Bonchev–Trinajstić information content (AvgIpc) is 2.77. The summed E-state index contributed by atoms with van der Waals surface area (Å²) >= 11 is 0. The summed E-state index contributed by atoms with van der Waals surface area (Å²) in [5.74, 6) is 0.746. The minimum Gasteiger partial charge on any atom is -0.396 e. The molecule has 1 aliphatic heterocycles. The number of benzene rings is 1. The van der Waals surface area contributed by atoms with Crippen LogP contribution in [0.25, 0.3) is 0 Å². The van der Waals surface area contributed by atoms with Gasteiger partial charge in [-0.15, -0.1) is 0 Å². The quantitative estimate of drug-likeness (QED) is 0.540. The summed E-state index contributed by atoms with van der Waals surface area (Å²) in [6.07, 6.45) is 2.05. The van der Waals surface area contributed by atoms with Crippen LogP contribution in [0.3, 0.4) is 0 Å². The van der Waals surface area contributed by atoms with Crippen molar-refractivity contribution in [3.63, 3.8) is 0 Å². The molecule has 0 aliphatic carbocycles. The lowest BCUT2D eigenvalue weighted by molar-refractivity contribution is 0.249. The number of nitrogen functional groups attached to an aromatic ring is 1. The number of nitrogens with zero attached hydrogens (tertiary/aromatic N) is 1. The highest BCUT2D eigenvalue weighted by Crippen LogP contribution is 2.22. The van der Waals surface area contributed by atoms with Gasteiger partial charge in [0.25, 0.3) is 0 Å². The largest absolute Gasteiger partial charge is 0.396 e. The van der Waals surface area contributed by atoms with Crippen molar-refractivity contribution >= 4 is 5.84 Å². The van der Waals surface area contributed by atoms with E-state index < -0.39 is 0 Å². The maximum Gasteiger partial charge on any atom is 0.123 e. The zero-order chi connectivity index (χ0) is 13.0. The van der Waals surface area contributed by atoms with Crippen LogP contribution in [0.4, 0.5) is 0 Å². The van der Waals surface area contributed by atoms with E-state index in [9.17, 15) is 0 Å². The molecule has 0 bridgehead atoms. The Morgan fingerprint density at radius 2 is 2.22 bits per heavy atom. The van der Waals surface area contributed by atoms with E-state index in [1.54, 1.807) is 0 Å². The Hall–Kier alpha value is -1.39. The molecule has 98 valence electrons. The van der Waals surface area contributed by atoms with Crippen LogP contribution in [0.2, 0.25) is 0 Å². The van der Waals surface area contributed by atoms with Crippen molar-refractivity contribution in [2.45, 2.75) is 19.4 Å². The zero-order valence-corrected chi connectivity index (χ0v) is 10.6. The van der Waals surface area contributed by atoms with Crippen molar-refractivity contribution in [3.05, 3.63) is 35.4 Å². The van der Waals surface area contributed by atoms with Crippen LogP contribution in [0.5, 0.6) is 0 Å². The topological polar surface area (TPSA) is 73.3 Å². The fraction of sp³-hybridized carbons (Fsp3) is 0.500. The summed E-state index contributed by atoms with van der Waals surface area (Å²) in [6, 6.07) is 7.84. The Morgan fingerprint density at radius 1 is 1.44 bits per heavy atom. The predicted molar refractivity (Wildman–Crippen MR) is 72.5 cm³/mol. The number of likely N-dealkylation sites (tertiary alicyclic amines) is 1. The lowest BCUT2D eigenvalue weighted by Crippen LogP contribution is -2.23. The van der Waals surface area contributed by atoms with Gasteiger partial charge in [-0.25, -0.2) is 0 Å². The van der Waals surface area contributed by atoms with E-state index in [0.29, 0.717) is 5.92 Å². The summed E-state index contributed by atoms with van der Waals surface area (Å²) in [4.78, 5) is 2.38. The van der Waals surface area contributed by atoms with Crippen LogP contribution in [-0.2, 0) is 6.54 Å². The van der Waals surface area contributed by atoms with Crippen molar-refractivity contribution in [2.75, 3.05) is 19.7 Å². The van der Waals surface area contributed by atoms with Gasteiger partial charge in [-0.2, -0.15) is 0 Å². The first kappa shape index (κ1) is 13.1. The molecule has 18 heavy (non-hydrogen) atoms. The molecule has 1 heterocycles. The second kappa shape index (κ2) is 5.98. The lowest BCUT2D eigenvalue weighted by atomic mass is 10.1. The Morgan fingerprint density at radius 3 is 2.94 bits per heavy atom. The number of aliphatic hydroxyl groups excluding tert-OH is 1. The summed E-state index contributed by atoms with van der Waals surface area (Å²) < 4.78 is 0. The first-order valence-electron chi connectivity index (χ1n) is 6.46. The third-order valence-corrected chi connectivity index (χ3v) is 3.61. The summed E-state index contributed by atoms with van der Waals surface area (Å²) in [5, 5.41) is 16.5. The van der Waals surface area contributed by atoms with Crippen LogP contribution < -0.4 is 5.73 Å². The first-order chi connectivity index (χ1) is 8.70. The highest BCUT2D eigenvalue weighted by atomic mass is 16.3. The molecule has 0 saturated carbocycles. The number of nitrogens with two attached hydrogens (primary N) is 1. The summed E-state index contributed by atoms with van der Waals surface area (Å²) in [7, 11) is 0. The Kier molecular flexibility index (Phi) is 4.33. The summed E-state index contributed by atoms with van der Waals surface area (Å²) in [5.41, 5.74) is 7.55. The van der Waals surface area contributed by atoms with Crippen molar-refractivity contribution in [2.24, 2.45) is 11.7 Å². The Balaban J connectivity index is 2.00. The highest BCUT2D eigenvalue weighted by molar-refractivity contribution is 5.96. The van der Waals surface area contributed by atoms with Crippen molar-refractivity contribution in [3.8, 4) is 0 Å². The van der Waals surface area contributed by atoms with Crippen LogP contribution in [0, 0.1) is 11.3 Å². The second-order valence-corrected chi connectivity index (χ2v) is 4.97. The maximum atomic E-state index is 8.96. The second-order valence-electron chi connectivity index (χ2n) is 4.97. The van der Waals surface area contributed by atoms with E-state index in [2.05, 4.69) is 4.90 Å². The fourth-order valence-corrected chi connectivity index (χ4v) is 2.64. The van der Waals surface area contributed by atoms with Gasteiger partial charge in [0, 0.05) is 25.3 Å². The third-order valence-electron chi connectivity index (χ3n) is 3.61. The first-order valence-corrected chi connectivity index (χ1v) is 6.46. The molecule has 0 radical (unpaired) electrons. The van der Waals surface area contributed by atoms with Gasteiger partial charge < -0.3 is 10.8 Å². The van der Waals surface area contributed by atoms with E-state index in [-0.39, 0.29) is 12.4 Å². The molecular weight excluding hydrogens is 226 g/mol. The smallest absolute Gasteiger partial charge is 0.123 e. The van der Waals surface area contributed by atoms with Gasteiger partial charge >= 0.3 is 0 Å². The van der Waals surface area contributed by atoms with Crippen molar-refractivity contribution < 1.29 is 5.11 Å². The molecule has 1 aromatic carbocycles. The van der Waals surface area contributed by atoms with Gasteiger partial charge in [0.05, 0.1) is 0 Å². The molecule has 1 fully saturated rings. The van der Waals surface area contributed by atoms with Gasteiger partial charge in [-0.1, -0.05) is 24.3 Å². The molecular formula is C14H21N3O. The number of hydrogen-bond acceptors (Lipinski definition) is 3. The van der Waals surface area contributed by atoms with E-state index in [0.717, 1.165) is 43.6 Å². The Bertz CT molecular complexity index is 419. The molecule has 1 unspecified atom stereocenters. The van der Waals surface area contributed by atoms with Gasteiger partial charge in [0.15, 0.2) is 0 Å². The van der Waals surface area contributed by atoms with E-state index in [1.165, 1.54) is 0 Å². The predicted octanol–water partition coefficient (Wildman–Crippen LogP) is 1.17. The van der Waals surface area contributed by atoms with Gasteiger partial charge in [0.1, 0.15) is 5.84 Å². The Labute approximate surface area is 108 Å². The number of aliphatic hydroxyl groups is 1. The minimum atomic E-state index is 0.136. The number of nitrogens with one attached hydrogen (secondary N) is 1. The standard InChI is InChI=1S/C14H21N3O/c15-14(16)13-4-2-1-3-12(13)10-17-7-5-11(9-17)6-8-18/h1-4,11,18H,5-10H2,(H3,15,16). The molecule has 1 saturated heterocycles. The summed E-state index contributed by atoms with van der Waals surface area (Å²) in [6.45, 7) is 3.23. The molecule has 4 N–H and O–H groups in total. The monoisotopic (exact) mass is 247 g/mol. The lowest BCUT2D eigenvalue weighted by Gasteiger charge is -2.18. The van der Waals surface area contributed by atoms with Crippen LogP contribution in [0.1, 0.15) is 24.0 Å². The van der Waals surface area contributed by atoms with Crippen LogP contribution in [0.15, 0.2) is 24.3 Å². The highest BCUT2D eigenvalue weighted by Gasteiger charge is 2.22. The third kappa shape index (κ3) is 3.09. The SMILES string of the molecule is N=C(N)c1ccccc1CN1CCC(CCO)C1. The van der Waals surface area contributed by atoms with Crippen molar-refractivity contribution in [1.82, 2.24) is 4.90 Å². The minimum absolute atomic E-state index is 0.136. The molecule has 2 rings (SSSR count). The van der Waals surface area contributed by atoms with Gasteiger partial charge in [0.2, 0.25) is 0 Å².